The molecule has 0 radical (unpaired) electrons. The zero-order chi connectivity index (χ0) is 13.1. The van der Waals surface area contributed by atoms with E-state index in [4.69, 9.17) is 0 Å². The predicted molar refractivity (Wildman–Crippen MR) is 71.5 cm³/mol. The van der Waals surface area contributed by atoms with Crippen molar-refractivity contribution in [3.63, 3.8) is 0 Å². The third-order valence-corrected chi connectivity index (χ3v) is 2.63. The highest BCUT2D eigenvalue weighted by atomic mass is 16.3. The van der Waals surface area contributed by atoms with Gasteiger partial charge in [-0.25, -0.2) is 0 Å². The molecule has 0 fully saturated rings. The second-order valence-electron chi connectivity index (χ2n) is 4.16. The number of benzene rings is 2. The summed E-state index contributed by atoms with van der Waals surface area (Å²) in [4.78, 5) is 0. The molecule has 3 N–H and O–H groups in total. The van der Waals surface area contributed by atoms with Crippen LogP contribution < -0.4 is 0 Å². The third-order valence-electron chi connectivity index (χ3n) is 2.63. The monoisotopic (exact) mass is 242 g/mol. The van der Waals surface area contributed by atoms with Gasteiger partial charge < -0.3 is 15.3 Å². The van der Waals surface area contributed by atoms with Crippen LogP contribution in [-0.2, 0) is 0 Å². The summed E-state index contributed by atoms with van der Waals surface area (Å²) in [6.45, 7) is 1.83. The molecule has 2 aromatic carbocycles. The van der Waals surface area contributed by atoms with Crippen LogP contribution in [0.1, 0.15) is 16.7 Å². The van der Waals surface area contributed by atoms with E-state index in [9.17, 15) is 15.3 Å². The SMILES string of the molecule is Cc1ccc(/C=C/c2cc(O)cc(O)c2)cc1O. The van der Waals surface area contributed by atoms with Gasteiger partial charge in [-0.3, -0.25) is 0 Å². The number of phenols is 3. The lowest BCUT2D eigenvalue weighted by Crippen LogP contribution is -1.77. The van der Waals surface area contributed by atoms with Crippen molar-refractivity contribution in [3.05, 3.63) is 53.1 Å². The quantitative estimate of drug-likeness (QED) is 0.708. The number of hydrogen-bond donors (Lipinski definition) is 3. The molecule has 0 saturated carbocycles. The van der Waals surface area contributed by atoms with Gasteiger partial charge in [-0.15, -0.1) is 0 Å². The van der Waals surface area contributed by atoms with Gasteiger partial charge in [-0.05, 0) is 41.8 Å². The minimum absolute atomic E-state index is 0.0152. The van der Waals surface area contributed by atoms with E-state index in [1.165, 1.54) is 6.07 Å². The van der Waals surface area contributed by atoms with Crippen molar-refractivity contribution in [1.29, 1.82) is 0 Å². The van der Waals surface area contributed by atoms with Crippen molar-refractivity contribution in [3.8, 4) is 17.2 Å². The molecule has 0 unspecified atom stereocenters. The molecule has 0 spiro atoms. The number of aryl methyl sites for hydroxylation is 1. The van der Waals surface area contributed by atoms with E-state index in [1.54, 1.807) is 30.4 Å². The van der Waals surface area contributed by atoms with Crippen LogP contribution in [0.4, 0.5) is 0 Å². The lowest BCUT2D eigenvalue weighted by molar-refractivity contribution is 0.450. The molecule has 0 aromatic heterocycles. The molecule has 2 aromatic rings. The molecular weight excluding hydrogens is 228 g/mol. The van der Waals surface area contributed by atoms with Gasteiger partial charge in [-0.1, -0.05) is 24.3 Å². The molecule has 0 aliphatic rings. The minimum atomic E-state index is 0.0152. The van der Waals surface area contributed by atoms with E-state index in [0.717, 1.165) is 11.1 Å². The Balaban J connectivity index is 2.27. The van der Waals surface area contributed by atoms with Gasteiger partial charge in [0.25, 0.3) is 0 Å². The molecule has 18 heavy (non-hydrogen) atoms. The van der Waals surface area contributed by atoms with Crippen LogP contribution in [-0.4, -0.2) is 15.3 Å². The summed E-state index contributed by atoms with van der Waals surface area (Å²) in [5.41, 5.74) is 2.36. The fraction of sp³-hybridized carbons (Fsp3) is 0.0667. The van der Waals surface area contributed by atoms with E-state index >= 15 is 0 Å². The first kappa shape index (κ1) is 12.0. The maximum atomic E-state index is 9.57. The van der Waals surface area contributed by atoms with Crippen LogP contribution in [0.3, 0.4) is 0 Å². The zero-order valence-electron chi connectivity index (χ0n) is 9.96. The minimum Gasteiger partial charge on any atom is -0.508 e. The van der Waals surface area contributed by atoms with Crippen LogP contribution in [0.5, 0.6) is 17.2 Å². The second-order valence-corrected chi connectivity index (χ2v) is 4.16. The lowest BCUT2D eigenvalue weighted by atomic mass is 10.1. The Morgan fingerprint density at radius 2 is 1.39 bits per heavy atom. The Kier molecular flexibility index (Phi) is 3.24. The van der Waals surface area contributed by atoms with Crippen LogP contribution in [0.25, 0.3) is 12.2 Å². The van der Waals surface area contributed by atoms with Crippen molar-refractivity contribution in [2.45, 2.75) is 6.92 Å². The standard InChI is InChI=1S/C15H14O3/c1-10-2-3-11(8-15(10)18)4-5-12-6-13(16)9-14(17)7-12/h2-9,16-18H,1H3/b5-4+. The highest BCUT2D eigenvalue weighted by molar-refractivity contribution is 5.71. The normalized spacial score (nSPS) is 10.9. The van der Waals surface area contributed by atoms with E-state index in [-0.39, 0.29) is 17.2 Å². The number of hydrogen-bond acceptors (Lipinski definition) is 3. The molecule has 0 atom stereocenters. The number of phenolic OH excluding ortho intramolecular Hbond substituents is 3. The van der Waals surface area contributed by atoms with Crippen LogP contribution >= 0.6 is 0 Å². The average Bonchev–Trinajstić information content (AvgIpc) is 2.29. The van der Waals surface area contributed by atoms with E-state index < -0.39 is 0 Å². The zero-order valence-corrected chi connectivity index (χ0v) is 9.96. The summed E-state index contributed by atoms with van der Waals surface area (Å²) < 4.78 is 0. The first-order valence-corrected chi connectivity index (χ1v) is 5.55. The highest BCUT2D eigenvalue weighted by Gasteiger charge is 1.97. The van der Waals surface area contributed by atoms with Gasteiger partial charge >= 0.3 is 0 Å². The van der Waals surface area contributed by atoms with Gasteiger partial charge in [0, 0.05) is 6.07 Å². The molecule has 0 aliphatic heterocycles. The average molecular weight is 242 g/mol. The van der Waals surface area contributed by atoms with Crippen LogP contribution in [0.15, 0.2) is 36.4 Å². The van der Waals surface area contributed by atoms with Crippen molar-refractivity contribution in [2.24, 2.45) is 0 Å². The summed E-state index contributed by atoms with van der Waals surface area (Å²) in [5, 5.41) is 28.2. The lowest BCUT2D eigenvalue weighted by Gasteiger charge is -2.00. The first-order valence-electron chi connectivity index (χ1n) is 5.55. The largest absolute Gasteiger partial charge is 0.508 e. The molecule has 0 aliphatic carbocycles. The Bertz CT molecular complexity index is 580. The summed E-state index contributed by atoms with van der Waals surface area (Å²) in [6, 6.07) is 9.74. The van der Waals surface area contributed by atoms with Crippen molar-refractivity contribution in [2.75, 3.05) is 0 Å². The maximum Gasteiger partial charge on any atom is 0.119 e. The van der Waals surface area contributed by atoms with Crippen LogP contribution in [0.2, 0.25) is 0 Å². The molecule has 0 saturated heterocycles. The number of rotatable bonds is 2. The fourth-order valence-corrected chi connectivity index (χ4v) is 1.64. The summed E-state index contributed by atoms with van der Waals surface area (Å²) >= 11 is 0. The highest BCUT2D eigenvalue weighted by Crippen LogP contribution is 2.23. The van der Waals surface area contributed by atoms with Crippen molar-refractivity contribution >= 4 is 12.2 Å². The van der Waals surface area contributed by atoms with E-state index in [2.05, 4.69) is 0 Å². The molecular formula is C15H14O3. The van der Waals surface area contributed by atoms with Gasteiger partial charge in [0.2, 0.25) is 0 Å². The fourth-order valence-electron chi connectivity index (χ4n) is 1.64. The Morgan fingerprint density at radius 3 is 2.00 bits per heavy atom. The first-order chi connectivity index (χ1) is 8.54. The van der Waals surface area contributed by atoms with Gasteiger partial charge in [0.05, 0.1) is 0 Å². The smallest absolute Gasteiger partial charge is 0.119 e. The predicted octanol–water partition coefficient (Wildman–Crippen LogP) is 3.28. The Labute approximate surface area is 105 Å². The van der Waals surface area contributed by atoms with E-state index in [1.807, 2.05) is 19.1 Å². The summed E-state index contributed by atoms with van der Waals surface area (Å²) in [7, 11) is 0. The molecule has 0 heterocycles. The molecule has 0 amide bonds. The molecule has 3 heteroatoms. The third kappa shape index (κ3) is 2.83. The van der Waals surface area contributed by atoms with Gasteiger partial charge in [0.1, 0.15) is 17.2 Å². The molecule has 2 rings (SSSR count). The Morgan fingerprint density at radius 1 is 0.778 bits per heavy atom. The van der Waals surface area contributed by atoms with Gasteiger partial charge in [-0.2, -0.15) is 0 Å². The maximum absolute atomic E-state index is 9.57. The second kappa shape index (κ2) is 4.84. The van der Waals surface area contributed by atoms with Crippen molar-refractivity contribution < 1.29 is 15.3 Å². The Hall–Kier alpha value is -2.42. The van der Waals surface area contributed by atoms with Crippen LogP contribution in [0, 0.1) is 6.92 Å². The summed E-state index contributed by atoms with van der Waals surface area (Å²) in [5.74, 6) is 0.277. The molecule has 0 bridgehead atoms. The topological polar surface area (TPSA) is 60.7 Å². The van der Waals surface area contributed by atoms with Gasteiger partial charge in [0.15, 0.2) is 0 Å². The van der Waals surface area contributed by atoms with Crippen molar-refractivity contribution in [1.82, 2.24) is 0 Å². The molecule has 92 valence electrons. The summed E-state index contributed by atoms with van der Waals surface area (Å²) in [6.07, 6.45) is 3.55. The van der Waals surface area contributed by atoms with E-state index in [0.29, 0.717) is 5.56 Å². The number of aromatic hydroxyl groups is 3. The molecule has 3 nitrogen and oxygen atoms in total.